The molecule has 1 saturated carbocycles. The van der Waals surface area contributed by atoms with Crippen molar-refractivity contribution < 1.29 is 5.11 Å². The summed E-state index contributed by atoms with van der Waals surface area (Å²) in [6.07, 6.45) is 3.75. The molecule has 17 heavy (non-hydrogen) atoms. The zero-order valence-corrected chi connectivity index (χ0v) is 12.4. The molecule has 1 nitrogen and oxygen atoms in total. The summed E-state index contributed by atoms with van der Waals surface area (Å²) in [5, 5.41) is 10.8. The predicted octanol–water partition coefficient (Wildman–Crippen LogP) is 4.52. The van der Waals surface area contributed by atoms with Gasteiger partial charge in [-0.05, 0) is 42.7 Å². The zero-order chi connectivity index (χ0) is 12.7. The van der Waals surface area contributed by atoms with Crippen molar-refractivity contribution in [3.63, 3.8) is 0 Å². The van der Waals surface area contributed by atoms with Crippen LogP contribution >= 0.6 is 22.9 Å². The molecule has 2 atom stereocenters. The van der Waals surface area contributed by atoms with Gasteiger partial charge in [0.05, 0.1) is 9.94 Å². The Morgan fingerprint density at radius 3 is 2.65 bits per heavy atom. The number of rotatable bonds is 2. The molecular formula is C14H21ClOS. The van der Waals surface area contributed by atoms with Crippen LogP contribution in [0.1, 0.15) is 44.9 Å². The summed E-state index contributed by atoms with van der Waals surface area (Å²) in [6, 6.07) is 3.96. The lowest BCUT2D eigenvalue weighted by atomic mass is 9.65. The first-order valence-electron chi connectivity index (χ1n) is 6.25. The lowest BCUT2D eigenvalue weighted by Crippen LogP contribution is -2.43. The molecule has 1 aliphatic rings. The second kappa shape index (κ2) is 4.56. The van der Waals surface area contributed by atoms with Crippen LogP contribution < -0.4 is 0 Å². The van der Waals surface area contributed by atoms with Crippen molar-refractivity contribution in [1.82, 2.24) is 0 Å². The van der Waals surface area contributed by atoms with Gasteiger partial charge in [-0.1, -0.05) is 32.4 Å². The third-order valence-corrected chi connectivity index (χ3v) is 4.80. The molecule has 0 spiro atoms. The fraction of sp³-hybridized carbons (Fsp3) is 0.714. The molecule has 1 N–H and O–H groups in total. The van der Waals surface area contributed by atoms with E-state index in [-0.39, 0.29) is 5.41 Å². The molecule has 1 aromatic rings. The van der Waals surface area contributed by atoms with Gasteiger partial charge in [0.2, 0.25) is 0 Å². The van der Waals surface area contributed by atoms with Gasteiger partial charge in [-0.15, -0.1) is 11.3 Å². The van der Waals surface area contributed by atoms with Crippen LogP contribution in [0, 0.1) is 11.3 Å². The third-order valence-electron chi connectivity index (χ3n) is 3.57. The van der Waals surface area contributed by atoms with E-state index in [1.54, 1.807) is 11.3 Å². The quantitative estimate of drug-likeness (QED) is 0.839. The van der Waals surface area contributed by atoms with Crippen molar-refractivity contribution in [2.45, 2.75) is 52.1 Å². The Hall–Kier alpha value is -0.0500. The van der Waals surface area contributed by atoms with Crippen molar-refractivity contribution in [3.05, 3.63) is 21.3 Å². The topological polar surface area (TPSA) is 20.2 Å². The molecule has 1 aliphatic carbocycles. The minimum atomic E-state index is -0.546. The third kappa shape index (κ3) is 3.46. The molecule has 0 radical (unpaired) electrons. The van der Waals surface area contributed by atoms with Gasteiger partial charge in [0, 0.05) is 11.3 Å². The number of thiophene rings is 1. The van der Waals surface area contributed by atoms with Gasteiger partial charge in [-0.25, -0.2) is 0 Å². The summed E-state index contributed by atoms with van der Waals surface area (Å²) in [7, 11) is 0. The van der Waals surface area contributed by atoms with E-state index < -0.39 is 5.60 Å². The van der Waals surface area contributed by atoms with Gasteiger partial charge in [-0.2, -0.15) is 0 Å². The first kappa shape index (κ1) is 13.4. The van der Waals surface area contributed by atoms with E-state index in [1.807, 2.05) is 12.1 Å². The Labute approximate surface area is 113 Å². The average molecular weight is 273 g/mol. The van der Waals surface area contributed by atoms with Gasteiger partial charge in [-0.3, -0.25) is 0 Å². The Kier molecular flexibility index (Phi) is 3.59. The molecule has 0 amide bonds. The highest BCUT2D eigenvalue weighted by atomic mass is 35.5. The van der Waals surface area contributed by atoms with Crippen LogP contribution in [0.2, 0.25) is 4.34 Å². The summed E-state index contributed by atoms with van der Waals surface area (Å²) >= 11 is 7.53. The minimum absolute atomic E-state index is 0.244. The van der Waals surface area contributed by atoms with E-state index in [4.69, 9.17) is 11.6 Å². The molecule has 0 saturated heterocycles. The van der Waals surface area contributed by atoms with Gasteiger partial charge >= 0.3 is 0 Å². The van der Waals surface area contributed by atoms with Crippen molar-refractivity contribution in [2.75, 3.05) is 0 Å². The summed E-state index contributed by atoms with van der Waals surface area (Å²) in [6.45, 7) is 6.76. The van der Waals surface area contributed by atoms with Crippen LogP contribution in [-0.2, 0) is 6.42 Å². The minimum Gasteiger partial charge on any atom is -0.389 e. The van der Waals surface area contributed by atoms with Crippen molar-refractivity contribution in [3.8, 4) is 0 Å². The number of hydrogen-bond acceptors (Lipinski definition) is 2. The van der Waals surface area contributed by atoms with E-state index in [2.05, 4.69) is 20.8 Å². The number of halogens is 1. The molecule has 2 unspecified atom stereocenters. The van der Waals surface area contributed by atoms with Gasteiger partial charge < -0.3 is 5.11 Å². The molecule has 0 aromatic carbocycles. The van der Waals surface area contributed by atoms with Crippen molar-refractivity contribution >= 4 is 22.9 Å². The Morgan fingerprint density at radius 2 is 2.12 bits per heavy atom. The monoisotopic (exact) mass is 272 g/mol. The molecule has 2 rings (SSSR count). The Bertz CT molecular complexity index is 399. The van der Waals surface area contributed by atoms with E-state index in [9.17, 15) is 5.11 Å². The fourth-order valence-corrected chi connectivity index (χ4v) is 4.83. The first-order valence-corrected chi connectivity index (χ1v) is 7.44. The predicted molar refractivity (Wildman–Crippen MR) is 74.8 cm³/mol. The highest BCUT2D eigenvalue weighted by molar-refractivity contribution is 7.16. The van der Waals surface area contributed by atoms with E-state index >= 15 is 0 Å². The zero-order valence-electron chi connectivity index (χ0n) is 10.8. The van der Waals surface area contributed by atoms with Crippen molar-refractivity contribution in [1.29, 1.82) is 0 Å². The molecule has 96 valence electrons. The molecule has 1 aromatic heterocycles. The molecule has 1 fully saturated rings. The maximum absolute atomic E-state index is 10.8. The van der Waals surface area contributed by atoms with Crippen LogP contribution in [0.15, 0.2) is 12.1 Å². The largest absolute Gasteiger partial charge is 0.389 e. The van der Waals surface area contributed by atoms with Gasteiger partial charge in [0.25, 0.3) is 0 Å². The average Bonchev–Trinajstić information content (AvgIpc) is 2.44. The highest BCUT2D eigenvalue weighted by Gasteiger charge is 2.41. The Balaban J connectivity index is 2.12. The first-order chi connectivity index (χ1) is 7.78. The highest BCUT2D eigenvalue weighted by Crippen LogP contribution is 2.45. The van der Waals surface area contributed by atoms with E-state index in [1.165, 1.54) is 11.3 Å². The normalized spacial score (nSPS) is 32.6. The van der Waals surface area contributed by atoms with E-state index in [0.29, 0.717) is 5.92 Å². The van der Waals surface area contributed by atoms with Crippen LogP contribution in [0.25, 0.3) is 0 Å². The van der Waals surface area contributed by atoms with E-state index in [0.717, 1.165) is 23.6 Å². The molecule has 3 heteroatoms. The van der Waals surface area contributed by atoms with Crippen LogP contribution in [0.5, 0.6) is 0 Å². The van der Waals surface area contributed by atoms with Gasteiger partial charge in [0.15, 0.2) is 0 Å². The maximum Gasteiger partial charge on any atom is 0.0931 e. The molecular weight excluding hydrogens is 252 g/mol. The van der Waals surface area contributed by atoms with Crippen LogP contribution in [0.3, 0.4) is 0 Å². The number of aliphatic hydroxyl groups is 1. The molecule has 0 aliphatic heterocycles. The van der Waals surface area contributed by atoms with Crippen LogP contribution in [-0.4, -0.2) is 10.7 Å². The second-order valence-corrected chi connectivity index (χ2v) is 8.26. The van der Waals surface area contributed by atoms with Gasteiger partial charge in [0.1, 0.15) is 0 Å². The molecule has 1 heterocycles. The maximum atomic E-state index is 10.8. The molecule has 0 bridgehead atoms. The van der Waals surface area contributed by atoms with Crippen LogP contribution in [0.4, 0.5) is 0 Å². The van der Waals surface area contributed by atoms with Crippen molar-refractivity contribution in [2.24, 2.45) is 11.3 Å². The lowest BCUT2D eigenvalue weighted by Gasteiger charge is -2.44. The number of hydrogen-bond donors (Lipinski definition) is 1. The summed E-state index contributed by atoms with van der Waals surface area (Å²) < 4.78 is 0.812. The lowest BCUT2D eigenvalue weighted by molar-refractivity contribution is -0.0569. The second-order valence-electron chi connectivity index (χ2n) is 6.46. The standard InChI is InChI=1S/C14H21ClOS/c1-10-6-13(2,3)9-14(16,7-10)8-11-4-5-12(15)17-11/h4-5,10,16H,6-9H2,1-3H3. The SMILES string of the molecule is CC1CC(C)(C)CC(O)(Cc2ccc(Cl)s2)C1. The summed E-state index contributed by atoms with van der Waals surface area (Å²) in [5.74, 6) is 0.596. The Morgan fingerprint density at radius 1 is 1.41 bits per heavy atom. The smallest absolute Gasteiger partial charge is 0.0931 e. The summed E-state index contributed by atoms with van der Waals surface area (Å²) in [5.41, 5.74) is -0.303. The summed E-state index contributed by atoms with van der Waals surface area (Å²) in [4.78, 5) is 1.20. The fourth-order valence-electron chi connectivity index (χ4n) is 3.60.